The first-order valence-corrected chi connectivity index (χ1v) is 8.44. The Labute approximate surface area is 148 Å². The number of nitrogens with zero attached hydrogens (tertiary/aromatic N) is 5. The number of halogens is 1. The zero-order valence-electron chi connectivity index (χ0n) is 14.3. The zero-order chi connectivity index (χ0) is 18.3. The predicted octanol–water partition coefficient (Wildman–Crippen LogP) is 1.46. The second-order valence-corrected chi connectivity index (χ2v) is 6.56. The van der Waals surface area contributed by atoms with E-state index in [1.807, 2.05) is 0 Å². The van der Waals surface area contributed by atoms with Crippen LogP contribution in [-0.2, 0) is 24.9 Å². The van der Waals surface area contributed by atoms with Crippen molar-refractivity contribution in [3.05, 3.63) is 58.5 Å². The molecule has 0 N–H and O–H groups in total. The Morgan fingerprint density at radius 2 is 2.04 bits per heavy atom. The molecule has 0 bridgehead atoms. The van der Waals surface area contributed by atoms with Gasteiger partial charge in [0.05, 0.1) is 6.20 Å². The Morgan fingerprint density at radius 3 is 2.73 bits per heavy atom. The molecule has 1 aliphatic rings. The third-order valence-electron chi connectivity index (χ3n) is 4.60. The lowest BCUT2D eigenvalue weighted by Crippen LogP contribution is -2.37. The summed E-state index contributed by atoms with van der Waals surface area (Å²) in [6.07, 6.45) is 4.74. The molecule has 0 unspecified atom stereocenters. The summed E-state index contributed by atoms with van der Waals surface area (Å²) in [5.41, 5.74) is 1.07. The second kappa shape index (κ2) is 6.36. The van der Waals surface area contributed by atoms with Crippen LogP contribution in [-0.4, -0.2) is 36.2 Å². The van der Waals surface area contributed by atoms with Crippen molar-refractivity contribution in [3.8, 4) is 0 Å². The maximum Gasteiger partial charge on any atom is 0.264 e. The molecule has 134 valence electrons. The normalized spacial score (nSPS) is 13.9. The van der Waals surface area contributed by atoms with E-state index in [0.29, 0.717) is 17.6 Å². The van der Waals surface area contributed by atoms with E-state index in [-0.39, 0.29) is 29.9 Å². The van der Waals surface area contributed by atoms with Crippen LogP contribution in [0.2, 0.25) is 0 Å². The number of aromatic nitrogens is 4. The molecule has 0 atom stereocenters. The van der Waals surface area contributed by atoms with Crippen molar-refractivity contribution >= 4 is 16.9 Å². The molecule has 0 radical (unpaired) electrons. The Bertz CT molecular complexity index is 1020. The fourth-order valence-electron chi connectivity index (χ4n) is 3.01. The lowest BCUT2D eigenvalue weighted by Gasteiger charge is -2.23. The molecule has 0 spiro atoms. The van der Waals surface area contributed by atoms with Crippen molar-refractivity contribution in [1.29, 1.82) is 0 Å². The highest BCUT2D eigenvalue weighted by molar-refractivity contribution is 5.78. The molecule has 1 aromatic carbocycles. The van der Waals surface area contributed by atoms with Gasteiger partial charge in [0, 0.05) is 19.6 Å². The molecule has 26 heavy (non-hydrogen) atoms. The second-order valence-electron chi connectivity index (χ2n) is 6.56. The highest BCUT2D eigenvalue weighted by atomic mass is 19.1. The number of aryl methyl sites for hydroxylation is 1. The van der Waals surface area contributed by atoms with Crippen LogP contribution in [0.25, 0.3) is 11.0 Å². The first-order chi connectivity index (χ1) is 12.5. The summed E-state index contributed by atoms with van der Waals surface area (Å²) in [6, 6.07) is 6.30. The van der Waals surface area contributed by atoms with Crippen molar-refractivity contribution < 1.29 is 9.18 Å². The summed E-state index contributed by atoms with van der Waals surface area (Å²) in [7, 11) is 1.71. The number of benzene rings is 1. The first-order valence-electron chi connectivity index (χ1n) is 8.44. The highest BCUT2D eigenvalue weighted by Crippen LogP contribution is 2.28. The smallest absolute Gasteiger partial charge is 0.264 e. The van der Waals surface area contributed by atoms with E-state index in [1.165, 1.54) is 33.9 Å². The number of rotatable bonds is 5. The van der Waals surface area contributed by atoms with Gasteiger partial charge in [-0.25, -0.2) is 9.37 Å². The van der Waals surface area contributed by atoms with Crippen molar-refractivity contribution in [3.63, 3.8) is 0 Å². The molecular weight excluding hydrogens is 337 g/mol. The molecule has 1 fully saturated rings. The van der Waals surface area contributed by atoms with Gasteiger partial charge in [0.1, 0.15) is 24.1 Å². The SMILES string of the molecule is Cn1ncc2c(=O)n(CC(=O)N(Cc3ccc(F)cc3)C3CC3)cnc21. The average molecular weight is 355 g/mol. The molecule has 2 aromatic heterocycles. The van der Waals surface area contributed by atoms with Gasteiger partial charge >= 0.3 is 0 Å². The van der Waals surface area contributed by atoms with Crippen LogP contribution in [0.5, 0.6) is 0 Å². The molecule has 3 aromatic rings. The predicted molar refractivity (Wildman–Crippen MR) is 92.7 cm³/mol. The number of hydrogen-bond donors (Lipinski definition) is 0. The Kier molecular flexibility index (Phi) is 4.02. The molecule has 4 rings (SSSR count). The van der Waals surface area contributed by atoms with Crippen molar-refractivity contribution in [2.24, 2.45) is 7.05 Å². The highest BCUT2D eigenvalue weighted by Gasteiger charge is 2.32. The molecule has 0 aliphatic heterocycles. The minimum absolute atomic E-state index is 0.0750. The van der Waals surface area contributed by atoms with Crippen LogP contribution in [0.3, 0.4) is 0 Å². The van der Waals surface area contributed by atoms with Crippen LogP contribution in [0.1, 0.15) is 18.4 Å². The van der Waals surface area contributed by atoms with Gasteiger partial charge in [-0.2, -0.15) is 5.10 Å². The van der Waals surface area contributed by atoms with E-state index < -0.39 is 0 Å². The molecule has 8 heteroatoms. The van der Waals surface area contributed by atoms with E-state index in [0.717, 1.165) is 18.4 Å². The van der Waals surface area contributed by atoms with Gasteiger partial charge in [0.25, 0.3) is 5.56 Å². The van der Waals surface area contributed by atoms with Gasteiger partial charge in [0.15, 0.2) is 5.65 Å². The van der Waals surface area contributed by atoms with E-state index >= 15 is 0 Å². The van der Waals surface area contributed by atoms with E-state index in [1.54, 1.807) is 24.1 Å². The average Bonchev–Trinajstić information content (AvgIpc) is 3.40. The molecule has 0 saturated heterocycles. The zero-order valence-corrected chi connectivity index (χ0v) is 14.3. The summed E-state index contributed by atoms with van der Waals surface area (Å²) in [5, 5.41) is 4.42. The van der Waals surface area contributed by atoms with Crippen molar-refractivity contribution in [1.82, 2.24) is 24.2 Å². The molecular formula is C18H18FN5O2. The molecule has 1 amide bonds. The summed E-state index contributed by atoms with van der Waals surface area (Å²) in [6.45, 7) is 0.329. The van der Waals surface area contributed by atoms with E-state index in [4.69, 9.17) is 0 Å². The quantitative estimate of drug-likeness (QED) is 0.695. The summed E-state index contributed by atoms with van der Waals surface area (Å²) < 4.78 is 15.9. The van der Waals surface area contributed by atoms with Gasteiger partial charge in [-0.3, -0.25) is 18.8 Å². The monoisotopic (exact) mass is 355 g/mol. The number of carbonyl (C=O) groups excluding carboxylic acids is 1. The standard InChI is InChI=1S/C18H18FN5O2/c1-22-17-15(8-21-22)18(26)23(11-20-17)10-16(25)24(14-6-7-14)9-12-2-4-13(19)5-3-12/h2-5,8,11,14H,6-7,9-10H2,1H3. The molecule has 2 heterocycles. The van der Waals surface area contributed by atoms with Gasteiger partial charge in [0.2, 0.25) is 5.91 Å². The van der Waals surface area contributed by atoms with Crippen LogP contribution in [0.4, 0.5) is 4.39 Å². The fourth-order valence-corrected chi connectivity index (χ4v) is 3.01. The third-order valence-corrected chi connectivity index (χ3v) is 4.60. The largest absolute Gasteiger partial charge is 0.334 e. The Hall–Kier alpha value is -3.03. The summed E-state index contributed by atoms with van der Waals surface area (Å²) in [4.78, 5) is 31.3. The van der Waals surface area contributed by atoms with Crippen LogP contribution >= 0.6 is 0 Å². The van der Waals surface area contributed by atoms with Gasteiger partial charge < -0.3 is 4.90 Å². The maximum atomic E-state index is 13.1. The lowest BCUT2D eigenvalue weighted by atomic mass is 10.2. The van der Waals surface area contributed by atoms with Crippen molar-refractivity contribution in [2.75, 3.05) is 0 Å². The Balaban J connectivity index is 1.56. The summed E-state index contributed by atoms with van der Waals surface area (Å²) in [5.74, 6) is -0.454. The Morgan fingerprint density at radius 1 is 1.31 bits per heavy atom. The van der Waals surface area contributed by atoms with E-state index in [9.17, 15) is 14.0 Å². The third kappa shape index (κ3) is 3.10. The molecule has 7 nitrogen and oxygen atoms in total. The number of hydrogen-bond acceptors (Lipinski definition) is 4. The van der Waals surface area contributed by atoms with E-state index in [2.05, 4.69) is 10.1 Å². The maximum absolute atomic E-state index is 13.1. The van der Waals surface area contributed by atoms with Crippen molar-refractivity contribution in [2.45, 2.75) is 32.0 Å². The minimum Gasteiger partial charge on any atom is -0.334 e. The number of fused-ring (bicyclic) bond motifs is 1. The number of amides is 1. The minimum atomic E-state index is -0.305. The van der Waals surface area contributed by atoms with Crippen LogP contribution in [0.15, 0.2) is 41.6 Å². The topological polar surface area (TPSA) is 73.0 Å². The van der Waals surface area contributed by atoms with Gasteiger partial charge in [-0.1, -0.05) is 12.1 Å². The van der Waals surface area contributed by atoms with Crippen LogP contribution < -0.4 is 5.56 Å². The van der Waals surface area contributed by atoms with Gasteiger partial charge in [-0.15, -0.1) is 0 Å². The van der Waals surface area contributed by atoms with Gasteiger partial charge in [-0.05, 0) is 30.5 Å². The number of carbonyl (C=O) groups is 1. The summed E-state index contributed by atoms with van der Waals surface area (Å²) >= 11 is 0. The fraction of sp³-hybridized carbons (Fsp3) is 0.333. The lowest BCUT2D eigenvalue weighted by molar-refractivity contribution is -0.133. The van der Waals surface area contributed by atoms with Crippen LogP contribution in [0, 0.1) is 5.82 Å². The molecule has 1 aliphatic carbocycles. The molecule has 1 saturated carbocycles. The first kappa shape index (κ1) is 16.4.